The van der Waals surface area contributed by atoms with Crippen LogP contribution in [0.3, 0.4) is 0 Å². The van der Waals surface area contributed by atoms with Gasteiger partial charge >= 0.3 is 5.97 Å². The van der Waals surface area contributed by atoms with E-state index in [0.717, 1.165) is 24.2 Å². The number of rotatable bonds is 5. The second kappa shape index (κ2) is 7.77. The molecule has 0 atom stereocenters. The van der Waals surface area contributed by atoms with Gasteiger partial charge in [0.1, 0.15) is 0 Å². The van der Waals surface area contributed by atoms with Crippen LogP contribution in [0.2, 0.25) is 0 Å². The molecule has 124 valence electrons. The normalized spacial score (nSPS) is 12.8. The average molecular weight is 360 g/mol. The molecule has 0 saturated carbocycles. The number of anilines is 2. The fraction of sp³-hybridized carbons (Fsp3) is 0.211. The van der Waals surface area contributed by atoms with E-state index in [1.807, 2.05) is 6.07 Å². The molecule has 0 aromatic heterocycles. The average Bonchev–Trinajstić information content (AvgIpc) is 2.63. The van der Waals surface area contributed by atoms with Crippen LogP contribution in [0.4, 0.5) is 11.4 Å². The van der Waals surface area contributed by atoms with Crippen molar-refractivity contribution in [3.8, 4) is 0 Å². The van der Waals surface area contributed by atoms with Gasteiger partial charge in [0.05, 0.1) is 18.5 Å². The number of halogens is 1. The molecule has 1 heterocycles. The van der Waals surface area contributed by atoms with E-state index in [1.165, 1.54) is 28.7 Å². The molecule has 0 amide bonds. The molecule has 1 aliphatic rings. The van der Waals surface area contributed by atoms with Crippen molar-refractivity contribution in [2.24, 2.45) is 0 Å². The number of hydrogen-bond donors (Lipinski definition) is 0. The van der Waals surface area contributed by atoms with Crippen LogP contribution in [0.1, 0.15) is 12.0 Å². The molecule has 24 heavy (non-hydrogen) atoms. The number of carbonyl (C=O) groups is 1. The number of methoxy groups -OCH3 is 1. The van der Waals surface area contributed by atoms with Gasteiger partial charge in [0.15, 0.2) is 0 Å². The van der Waals surface area contributed by atoms with Crippen molar-refractivity contribution >= 4 is 46.8 Å². The van der Waals surface area contributed by atoms with Crippen molar-refractivity contribution < 1.29 is 9.53 Å². The van der Waals surface area contributed by atoms with Gasteiger partial charge in [-0.25, -0.2) is 4.79 Å². The third-order valence-electron chi connectivity index (χ3n) is 3.78. The van der Waals surface area contributed by atoms with Crippen molar-refractivity contribution in [2.45, 2.75) is 16.2 Å². The molecule has 2 aromatic rings. The zero-order chi connectivity index (χ0) is 16.9. The molecule has 0 unspecified atom stereocenters. The SMILES string of the molecule is COC(=O)/C=C/c1ccc2c(c1)N(CCCCl)c1ccccc1S2. The maximum absolute atomic E-state index is 11.3. The van der Waals surface area contributed by atoms with Crippen LogP contribution in [-0.2, 0) is 9.53 Å². The van der Waals surface area contributed by atoms with Gasteiger partial charge in [-0.05, 0) is 42.3 Å². The summed E-state index contributed by atoms with van der Waals surface area (Å²) in [5.74, 6) is 0.273. The van der Waals surface area contributed by atoms with E-state index in [4.69, 9.17) is 11.6 Å². The first-order valence-electron chi connectivity index (χ1n) is 7.73. The Balaban J connectivity index is 1.98. The highest BCUT2D eigenvalue weighted by atomic mass is 35.5. The number of fused-ring (bicyclic) bond motifs is 2. The van der Waals surface area contributed by atoms with Gasteiger partial charge in [0.2, 0.25) is 0 Å². The quantitative estimate of drug-likeness (QED) is 0.422. The van der Waals surface area contributed by atoms with E-state index >= 15 is 0 Å². The highest BCUT2D eigenvalue weighted by Gasteiger charge is 2.22. The third-order valence-corrected chi connectivity index (χ3v) is 5.18. The lowest BCUT2D eigenvalue weighted by atomic mass is 10.1. The van der Waals surface area contributed by atoms with Crippen molar-refractivity contribution in [1.82, 2.24) is 0 Å². The Bertz CT molecular complexity index is 776. The van der Waals surface area contributed by atoms with E-state index in [1.54, 1.807) is 17.8 Å². The first-order chi connectivity index (χ1) is 11.7. The van der Waals surface area contributed by atoms with Crippen LogP contribution in [0.15, 0.2) is 58.3 Å². The number of ether oxygens (including phenoxy) is 1. The monoisotopic (exact) mass is 359 g/mol. The van der Waals surface area contributed by atoms with Crippen LogP contribution < -0.4 is 4.90 Å². The number of carbonyl (C=O) groups excluding carboxylic acids is 1. The van der Waals surface area contributed by atoms with Crippen molar-refractivity contribution in [2.75, 3.05) is 24.4 Å². The topological polar surface area (TPSA) is 29.5 Å². The molecule has 0 bridgehead atoms. The highest BCUT2D eigenvalue weighted by molar-refractivity contribution is 7.99. The molecule has 3 nitrogen and oxygen atoms in total. The Morgan fingerprint density at radius 2 is 2.00 bits per heavy atom. The zero-order valence-electron chi connectivity index (χ0n) is 13.4. The van der Waals surface area contributed by atoms with Gasteiger partial charge in [-0.3, -0.25) is 0 Å². The van der Waals surface area contributed by atoms with Crippen LogP contribution in [0.25, 0.3) is 6.08 Å². The summed E-state index contributed by atoms with van der Waals surface area (Å²) < 4.78 is 4.65. The Morgan fingerprint density at radius 3 is 2.79 bits per heavy atom. The Kier molecular flexibility index (Phi) is 5.48. The van der Waals surface area contributed by atoms with Crippen LogP contribution in [0, 0.1) is 0 Å². The lowest BCUT2D eigenvalue weighted by molar-refractivity contribution is -0.134. The number of nitrogens with zero attached hydrogens (tertiary/aromatic N) is 1. The maximum atomic E-state index is 11.3. The molecular weight excluding hydrogens is 342 g/mol. The molecule has 1 aliphatic heterocycles. The molecule has 2 aromatic carbocycles. The van der Waals surface area contributed by atoms with Gasteiger partial charge < -0.3 is 9.64 Å². The minimum Gasteiger partial charge on any atom is -0.466 e. The number of para-hydroxylation sites is 1. The molecule has 0 saturated heterocycles. The minimum absolute atomic E-state index is 0.355. The molecule has 0 radical (unpaired) electrons. The summed E-state index contributed by atoms with van der Waals surface area (Å²) in [7, 11) is 1.38. The fourth-order valence-corrected chi connectivity index (χ4v) is 3.84. The predicted octanol–water partition coefficient (Wildman–Crippen LogP) is 5.10. The van der Waals surface area contributed by atoms with Gasteiger partial charge in [0.25, 0.3) is 0 Å². The van der Waals surface area contributed by atoms with E-state index in [-0.39, 0.29) is 5.97 Å². The summed E-state index contributed by atoms with van der Waals surface area (Å²) in [6, 6.07) is 14.6. The lowest BCUT2D eigenvalue weighted by Crippen LogP contribution is -2.22. The third kappa shape index (κ3) is 3.60. The van der Waals surface area contributed by atoms with Gasteiger partial charge in [-0.1, -0.05) is 30.0 Å². The molecule has 3 rings (SSSR count). The van der Waals surface area contributed by atoms with Crippen molar-refractivity contribution in [1.29, 1.82) is 0 Å². The van der Waals surface area contributed by atoms with Gasteiger partial charge in [-0.15, -0.1) is 11.6 Å². The lowest BCUT2D eigenvalue weighted by Gasteiger charge is -2.33. The summed E-state index contributed by atoms with van der Waals surface area (Å²) in [6.07, 6.45) is 4.12. The molecule has 0 N–H and O–H groups in total. The first-order valence-corrected chi connectivity index (χ1v) is 9.08. The predicted molar refractivity (Wildman–Crippen MR) is 100 cm³/mol. The number of benzene rings is 2. The second-order valence-electron chi connectivity index (χ2n) is 5.35. The van der Waals surface area contributed by atoms with E-state index < -0.39 is 0 Å². The summed E-state index contributed by atoms with van der Waals surface area (Å²) in [5.41, 5.74) is 3.32. The van der Waals surface area contributed by atoms with E-state index in [9.17, 15) is 4.79 Å². The summed E-state index contributed by atoms with van der Waals surface area (Å²) in [6.45, 7) is 0.859. The number of alkyl halides is 1. The maximum Gasteiger partial charge on any atom is 0.330 e. The zero-order valence-corrected chi connectivity index (χ0v) is 14.9. The molecule has 0 spiro atoms. The molecule has 5 heteroatoms. The first kappa shape index (κ1) is 16.9. The summed E-state index contributed by atoms with van der Waals surface area (Å²) >= 11 is 7.68. The van der Waals surface area contributed by atoms with E-state index in [0.29, 0.717) is 5.88 Å². The Morgan fingerprint density at radius 1 is 1.21 bits per heavy atom. The molecular formula is C19H18ClNO2S. The van der Waals surface area contributed by atoms with Gasteiger partial charge in [-0.2, -0.15) is 0 Å². The summed E-state index contributed by atoms with van der Waals surface area (Å²) in [4.78, 5) is 16.1. The summed E-state index contributed by atoms with van der Waals surface area (Å²) in [5, 5.41) is 0. The highest BCUT2D eigenvalue weighted by Crippen LogP contribution is 2.48. The smallest absolute Gasteiger partial charge is 0.330 e. The van der Waals surface area contributed by atoms with E-state index in [2.05, 4.69) is 46.0 Å². The second-order valence-corrected chi connectivity index (χ2v) is 6.81. The van der Waals surface area contributed by atoms with Crippen molar-refractivity contribution in [3.63, 3.8) is 0 Å². The standard InChI is InChI=1S/C19H18ClNO2S/c1-23-19(22)10-8-14-7-9-18-16(13-14)21(12-4-11-20)15-5-2-3-6-17(15)24-18/h2-3,5-10,13H,4,11-12H2,1H3/b10-8+. The van der Waals surface area contributed by atoms with Crippen molar-refractivity contribution in [3.05, 3.63) is 54.1 Å². The van der Waals surface area contributed by atoms with Crippen LogP contribution >= 0.6 is 23.4 Å². The fourth-order valence-electron chi connectivity index (χ4n) is 2.64. The Hall–Kier alpha value is -1.91. The number of esters is 1. The van der Waals surface area contributed by atoms with Gasteiger partial charge in [0, 0.05) is 28.3 Å². The molecule has 0 aliphatic carbocycles. The van der Waals surface area contributed by atoms with Crippen LogP contribution in [0.5, 0.6) is 0 Å². The largest absolute Gasteiger partial charge is 0.466 e. The minimum atomic E-state index is -0.355. The molecule has 0 fully saturated rings. The number of hydrogen-bond acceptors (Lipinski definition) is 4. The van der Waals surface area contributed by atoms with Crippen LogP contribution in [-0.4, -0.2) is 25.5 Å². The Labute approximate surface area is 151 Å².